The zero-order valence-electron chi connectivity index (χ0n) is 8.81. The molecule has 0 aromatic rings. The first-order valence-corrected chi connectivity index (χ1v) is 6.24. The molecule has 1 rings (SSSR count). The van der Waals surface area contributed by atoms with Crippen molar-refractivity contribution in [3.8, 4) is 12.3 Å². The SMILES string of the molecule is C#CCCSC1CCC(C)(C)CC1. The monoisotopic (exact) mass is 196 g/mol. The third-order valence-corrected chi connectivity index (χ3v) is 4.27. The molecular weight excluding hydrogens is 176 g/mol. The van der Waals surface area contributed by atoms with Gasteiger partial charge in [-0.3, -0.25) is 0 Å². The normalized spacial score (nSPS) is 22.5. The highest BCUT2D eigenvalue weighted by atomic mass is 32.2. The Labute approximate surface area is 86.9 Å². The first kappa shape index (κ1) is 11.0. The average Bonchev–Trinajstić information content (AvgIpc) is 2.08. The summed E-state index contributed by atoms with van der Waals surface area (Å²) in [6.45, 7) is 4.77. The first-order valence-electron chi connectivity index (χ1n) is 5.19. The van der Waals surface area contributed by atoms with Crippen LogP contribution in [0.5, 0.6) is 0 Å². The van der Waals surface area contributed by atoms with Gasteiger partial charge < -0.3 is 0 Å². The molecule has 13 heavy (non-hydrogen) atoms. The maximum atomic E-state index is 5.22. The van der Waals surface area contributed by atoms with Crippen LogP contribution in [-0.4, -0.2) is 11.0 Å². The molecule has 0 aliphatic heterocycles. The molecule has 0 atom stereocenters. The second-order valence-corrected chi connectivity index (χ2v) is 6.10. The molecule has 1 heteroatoms. The summed E-state index contributed by atoms with van der Waals surface area (Å²) in [5.41, 5.74) is 0.600. The van der Waals surface area contributed by atoms with Gasteiger partial charge in [-0.2, -0.15) is 11.8 Å². The van der Waals surface area contributed by atoms with Gasteiger partial charge >= 0.3 is 0 Å². The fourth-order valence-electron chi connectivity index (χ4n) is 1.82. The molecule has 0 N–H and O–H groups in total. The summed E-state index contributed by atoms with van der Waals surface area (Å²) in [4.78, 5) is 0. The standard InChI is InChI=1S/C12H20S/c1-4-5-10-13-11-6-8-12(2,3)9-7-11/h1,11H,5-10H2,2-3H3. The number of terminal acetylenes is 1. The number of thioether (sulfide) groups is 1. The molecule has 0 radical (unpaired) electrons. The molecule has 0 spiro atoms. The minimum absolute atomic E-state index is 0.600. The van der Waals surface area contributed by atoms with E-state index in [1.165, 1.54) is 25.7 Å². The van der Waals surface area contributed by atoms with E-state index >= 15 is 0 Å². The lowest BCUT2D eigenvalue weighted by Crippen LogP contribution is -2.22. The molecule has 0 heterocycles. The minimum Gasteiger partial charge on any atom is -0.158 e. The maximum absolute atomic E-state index is 5.22. The Kier molecular flexibility index (Phi) is 4.19. The molecule has 0 nitrogen and oxygen atoms in total. The highest BCUT2D eigenvalue weighted by molar-refractivity contribution is 7.99. The van der Waals surface area contributed by atoms with Gasteiger partial charge in [0, 0.05) is 17.4 Å². The number of hydrogen-bond acceptors (Lipinski definition) is 1. The predicted octanol–water partition coefficient (Wildman–Crippen LogP) is 3.71. The Balaban J connectivity index is 2.15. The Morgan fingerprint density at radius 1 is 1.38 bits per heavy atom. The molecule has 0 aromatic carbocycles. The summed E-state index contributed by atoms with van der Waals surface area (Å²) in [6.07, 6.45) is 11.7. The van der Waals surface area contributed by atoms with Crippen LogP contribution in [0.4, 0.5) is 0 Å². The molecule has 1 aliphatic carbocycles. The molecule has 0 saturated heterocycles. The molecule has 0 unspecified atom stereocenters. The van der Waals surface area contributed by atoms with Gasteiger partial charge in [0.25, 0.3) is 0 Å². The van der Waals surface area contributed by atoms with Crippen molar-refractivity contribution in [3.63, 3.8) is 0 Å². The lowest BCUT2D eigenvalue weighted by Gasteiger charge is -2.33. The van der Waals surface area contributed by atoms with Crippen molar-refractivity contribution < 1.29 is 0 Å². The molecule has 1 saturated carbocycles. The highest BCUT2D eigenvalue weighted by Gasteiger charge is 2.26. The number of hydrogen-bond donors (Lipinski definition) is 0. The van der Waals surface area contributed by atoms with Gasteiger partial charge in [-0.05, 0) is 31.1 Å². The van der Waals surface area contributed by atoms with E-state index in [0.717, 1.165) is 17.4 Å². The molecule has 74 valence electrons. The Morgan fingerprint density at radius 2 is 2.00 bits per heavy atom. The van der Waals surface area contributed by atoms with Crippen LogP contribution in [0.25, 0.3) is 0 Å². The van der Waals surface area contributed by atoms with Crippen LogP contribution < -0.4 is 0 Å². The third-order valence-electron chi connectivity index (χ3n) is 2.89. The van der Waals surface area contributed by atoms with Gasteiger partial charge in [0.05, 0.1) is 0 Å². The van der Waals surface area contributed by atoms with Crippen molar-refractivity contribution in [1.82, 2.24) is 0 Å². The third kappa shape index (κ3) is 4.09. The fourth-order valence-corrected chi connectivity index (χ4v) is 2.96. The van der Waals surface area contributed by atoms with Crippen LogP contribution >= 0.6 is 11.8 Å². The summed E-state index contributed by atoms with van der Waals surface area (Å²) >= 11 is 2.08. The van der Waals surface area contributed by atoms with Gasteiger partial charge in [-0.25, -0.2) is 0 Å². The lowest BCUT2D eigenvalue weighted by atomic mass is 9.77. The summed E-state index contributed by atoms with van der Waals surface area (Å²) in [5.74, 6) is 3.86. The topological polar surface area (TPSA) is 0 Å². The zero-order chi connectivity index (χ0) is 9.73. The molecule has 1 aliphatic rings. The summed E-state index contributed by atoms with van der Waals surface area (Å²) < 4.78 is 0. The summed E-state index contributed by atoms with van der Waals surface area (Å²) in [6, 6.07) is 0. The van der Waals surface area contributed by atoms with Gasteiger partial charge in [-0.1, -0.05) is 13.8 Å². The molecule has 0 aromatic heterocycles. The second kappa shape index (κ2) is 4.96. The van der Waals surface area contributed by atoms with Crippen molar-refractivity contribution in [2.75, 3.05) is 5.75 Å². The van der Waals surface area contributed by atoms with Crippen molar-refractivity contribution in [2.45, 2.75) is 51.2 Å². The summed E-state index contributed by atoms with van der Waals surface area (Å²) in [7, 11) is 0. The van der Waals surface area contributed by atoms with E-state index in [1.54, 1.807) is 0 Å². The van der Waals surface area contributed by atoms with Crippen molar-refractivity contribution in [2.24, 2.45) is 5.41 Å². The summed E-state index contributed by atoms with van der Waals surface area (Å²) in [5, 5.41) is 0.890. The van der Waals surface area contributed by atoms with Crippen LogP contribution in [0.15, 0.2) is 0 Å². The lowest BCUT2D eigenvalue weighted by molar-refractivity contribution is 0.249. The smallest absolute Gasteiger partial charge is 0.0177 e. The zero-order valence-corrected chi connectivity index (χ0v) is 9.62. The van der Waals surface area contributed by atoms with E-state index in [0.29, 0.717) is 5.41 Å². The molecule has 0 bridgehead atoms. The van der Waals surface area contributed by atoms with Gasteiger partial charge in [0.15, 0.2) is 0 Å². The number of rotatable bonds is 3. The van der Waals surface area contributed by atoms with E-state index in [4.69, 9.17) is 6.42 Å². The van der Waals surface area contributed by atoms with Crippen molar-refractivity contribution >= 4 is 11.8 Å². The fraction of sp³-hybridized carbons (Fsp3) is 0.833. The largest absolute Gasteiger partial charge is 0.158 e. The first-order chi connectivity index (χ1) is 6.14. The quantitative estimate of drug-likeness (QED) is 0.490. The maximum Gasteiger partial charge on any atom is 0.0177 e. The second-order valence-electron chi connectivity index (χ2n) is 4.69. The van der Waals surface area contributed by atoms with Crippen LogP contribution in [0.1, 0.15) is 46.0 Å². The van der Waals surface area contributed by atoms with Gasteiger partial charge in [0.1, 0.15) is 0 Å². The minimum atomic E-state index is 0.600. The molecule has 1 fully saturated rings. The van der Waals surface area contributed by atoms with E-state index < -0.39 is 0 Å². The Bertz CT molecular complexity index is 178. The Morgan fingerprint density at radius 3 is 2.54 bits per heavy atom. The van der Waals surface area contributed by atoms with E-state index in [-0.39, 0.29) is 0 Å². The van der Waals surface area contributed by atoms with E-state index in [2.05, 4.69) is 31.5 Å². The Hall–Kier alpha value is -0.0900. The van der Waals surface area contributed by atoms with Crippen molar-refractivity contribution in [1.29, 1.82) is 0 Å². The van der Waals surface area contributed by atoms with Crippen LogP contribution in [0, 0.1) is 17.8 Å². The highest BCUT2D eigenvalue weighted by Crippen LogP contribution is 2.39. The van der Waals surface area contributed by atoms with Crippen LogP contribution in [0.3, 0.4) is 0 Å². The van der Waals surface area contributed by atoms with E-state index in [9.17, 15) is 0 Å². The van der Waals surface area contributed by atoms with Gasteiger partial charge in [0.2, 0.25) is 0 Å². The predicted molar refractivity (Wildman–Crippen MR) is 61.9 cm³/mol. The van der Waals surface area contributed by atoms with Gasteiger partial charge in [-0.15, -0.1) is 12.3 Å². The average molecular weight is 196 g/mol. The van der Waals surface area contributed by atoms with Crippen molar-refractivity contribution in [3.05, 3.63) is 0 Å². The van der Waals surface area contributed by atoms with E-state index in [1.807, 2.05) is 0 Å². The molecular formula is C12H20S. The van der Waals surface area contributed by atoms with Crippen LogP contribution in [0.2, 0.25) is 0 Å². The molecule has 0 amide bonds. The van der Waals surface area contributed by atoms with Crippen LogP contribution in [-0.2, 0) is 0 Å².